The number of benzene rings is 1. The van der Waals surface area contributed by atoms with E-state index in [0.717, 1.165) is 17.7 Å². The normalized spacial score (nSPS) is 19.2. The molecule has 2 N–H and O–H groups in total. The number of anilines is 1. The molecule has 1 aliphatic heterocycles. The zero-order chi connectivity index (χ0) is 15.9. The van der Waals surface area contributed by atoms with Gasteiger partial charge in [-0.15, -0.1) is 0 Å². The minimum absolute atomic E-state index is 0.245. The van der Waals surface area contributed by atoms with Gasteiger partial charge in [0.1, 0.15) is 0 Å². The second-order valence-corrected chi connectivity index (χ2v) is 4.96. The largest absolute Gasteiger partial charge is 0.320 e. The molecule has 114 valence electrons. The van der Waals surface area contributed by atoms with Gasteiger partial charge in [0.05, 0.1) is 11.7 Å². The Morgan fingerprint density at radius 2 is 1.95 bits per heavy atom. The lowest BCUT2D eigenvalue weighted by molar-refractivity contribution is 0.699. The summed E-state index contributed by atoms with van der Waals surface area (Å²) in [5, 5.41) is 0. The Bertz CT molecular complexity index is 647. The fourth-order valence-electron chi connectivity index (χ4n) is 2.76. The maximum Gasteiger partial charge on any atom is 0.0746 e. The molecule has 0 fully saturated rings. The molecule has 0 bridgehead atoms. The van der Waals surface area contributed by atoms with Gasteiger partial charge in [-0.1, -0.05) is 75.6 Å². The lowest BCUT2D eigenvalue weighted by atomic mass is 9.95. The number of hydrogen-bond donors (Lipinski definition) is 2. The molecule has 3 rings (SSSR count). The summed E-state index contributed by atoms with van der Waals surface area (Å²) >= 11 is 0. The van der Waals surface area contributed by atoms with E-state index >= 15 is 0 Å². The fourth-order valence-corrected chi connectivity index (χ4v) is 2.76. The minimum Gasteiger partial charge on any atom is -0.320 e. The van der Waals surface area contributed by atoms with Gasteiger partial charge in [-0.2, -0.15) is 0 Å². The van der Waals surface area contributed by atoms with Gasteiger partial charge in [-0.25, -0.2) is 5.43 Å². The van der Waals surface area contributed by atoms with E-state index in [1.54, 1.807) is 6.08 Å². The topological polar surface area (TPSA) is 24.1 Å². The predicted molar refractivity (Wildman–Crippen MR) is 96.5 cm³/mol. The van der Waals surface area contributed by atoms with E-state index in [4.69, 9.17) is 0 Å². The molecular weight excluding hydrogens is 268 g/mol. The van der Waals surface area contributed by atoms with Crippen molar-refractivity contribution in [2.45, 2.75) is 26.3 Å². The van der Waals surface area contributed by atoms with Gasteiger partial charge in [-0.05, 0) is 34.8 Å². The monoisotopic (exact) mass is 292 g/mol. The molecule has 1 aromatic carbocycles. The van der Waals surface area contributed by atoms with Gasteiger partial charge in [0.25, 0.3) is 0 Å². The first kappa shape index (κ1) is 16.1. The average molecular weight is 292 g/mol. The smallest absolute Gasteiger partial charge is 0.0746 e. The molecule has 1 aromatic rings. The summed E-state index contributed by atoms with van der Waals surface area (Å²) in [6, 6.07) is 8.64. The maximum absolute atomic E-state index is 3.87. The molecule has 2 aliphatic rings. The molecule has 0 saturated heterocycles. The third kappa shape index (κ3) is 3.12. The summed E-state index contributed by atoms with van der Waals surface area (Å²) in [4.78, 5) is 0. The Labute approximate surface area is 133 Å². The Morgan fingerprint density at radius 1 is 1.18 bits per heavy atom. The van der Waals surface area contributed by atoms with E-state index in [0.29, 0.717) is 0 Å². The van der Waals surface area contributed by atoms with Crippen LogP contribution in [0.5, 0.6) is 0 Å². The van der Waals surface area contributed by atoms with Crippen molar-refractivity contribution >= 4 is 5.69 Å². The highest BCUT2D eigenvalue weighted by Crippen LogP contribution is 2.38. The highest BCUT2D eigenvalue weighted by molar-refractivity contribution is 5.60. The van der Waals surface area contributed by atoms with Gasteiger partial charge in [0, 0.05) is 0 Å². The van der Waals surface area contributed by atoms with Gasteiger partial charge < -0.3 is 5.43 Å². The van der Waals surface area contributed by atoms with Gasteiger partial charge >= 0.3 is 0 Å². The van der Waals surface area contributed by atoms with Crippen LogP contribution in [0.15, 0.2) is 84.5 Å². The molecule has 1 heterocycles. The van der Waals surface area contributed by atoms with E-state index in [9.17, 15) is 0 Å². The quantitative estimate of drug-likeness (QED) is 0.742. The van der Waals surface area contributed by atoms with Gasteiger partial charge in [0.15, 0.2) is 0 Å². The van der Waals surface area contributed by atoms with E-state index in [2.05, 4.69) is 54.4 Å². The van der Waals surface area contributed by atoms with Crippen LogP contribution < -0.4 is 10.9 Å². The first-order valence-corrected chi connectivity index (χ1v) is 7.79. The van der Waals surface area contributed by atoms with Crippen molar-refractivity contribution < 1.29 is 0 Å². The van der Waals surface area contributed by atoms with E-state index in [-0.39, 0.29) is 6.04 Å². The summed E-state index contributed by atoms with van der Waals surface area (Å²) in [6.45, 7) is 11.6. The lowest BCUT2D eigenvalue weighted by Crippen LogP contribution is -2.20. The van der Waals surface area contributed by atoms with Crippen molar-refractivity contribution in [1.29, 1.82) is 0 Å². The standard InChI is InChI=1S/C18H18N2.C2H6/c1-3-7-13(4-2)14-10-11-15(12-14)18-16-8-5-6-9-17(16)19-20-18;1-2/h3-11,18-20H,1-2,12H2;1-2H3/b13-7+;. The van der Waals surface area contributed by atoms with Crippen molar-refractivity contribution in [1.82, 2.24) is 5.43 Å². The maximum atomic E-state index is 3.87. The summed E-state index contributed by atoms with van der Waals surface area (Å²) < 4.78 is 0. The number of nitrogens with one attached hydrogen (secondary N) is 2. The van der Waals surface area contributed by atoms with Crippen molar-refractivity contribution in [2.24, 2.45) is 0 Å². The van der Waals surface area contributed by atoms with E-state index < -0.39 is 0 Å². The number of hydrazine groups is 1. The minimum atomic E-state index is 0.245. The van der Waals surface area contributed by atoms with Gasteiger partial charge in [0.2, 0.25) is 0 Å². The summed E-state index contributed by atoms with van der Waals surface area (Å²) in [6.07, 6.45) is 11.0. The van der Waals surface area contributed by atoms with Crippen LogP contribution in [0.3, 0.4) is 0 Å². The molecule has 2 nitrogen and oxygen atoms in total. The molecule has 0 amide bonds. The first-order chi connectivity index (χ1) is 10.8. The molecule has 0 radical (unpaired) electrons. The average Bonchev–Trinajstić information content (AvgIpc) is 3.21. The highest BCUT2D eigenvalue weighted by atomic mass is 15.4. The third-order valence-corrected chi connectivity index (χ3v) is 3.78. The second kappa shape index (κ2) is 7.62. The van der Waals surface area contributed by atoms with Crippen LogP contribution in [0.4, 0.5) is 5.69 Å². The molecule has 1 aliphatic carbocycles. The Morgan fingerprint density at radius 3 is 2.68 bits per heavy atom. The van der Waals surface area contributed by atoms with Crippen LogP contribution in [0, 0.1) is 0 Å². The summed E-state index contributed by atoms with van der Waals surface area (Å²) in [5.41, 5.74) is 12.9. The number of fused-ring (bicyclic) bond motifs is 1. The molecule has 0 aromatic heterocycles. The lowest BCUT2D eigenvalue weighted by Gasteiger charge is -2.14. The van der Waals surface area contributed by atoms with Crippen molar-refractivity contribution in [3.63, 3.8) is 0 Å². The number of hydrogen-bond acceptors (Lipinski definition) is 2. The summed E-state index contributed by atoms with van der Waals surface area (Å²) in [7, 11) is 0. The van der Waals surface area contributed by atoms with Crippen molar-refractivity contribution in [3.8, 4) is 0 Å². The molecule has 22 heavy (non-hydrogen) atoms. The third-order valence-electron chi connectivity index (χ3n) is 3.78. The first-order valence-electron chi connectivity index (χ1n) is 7.79. The molecule has 0 saturated carbocycles. The van der Waals surface area contributed by atoms with Crippen LogP contribution in [-0.2, 0) is 0 Å². The van der Waals surface area contributed by atoms with Crippen molar-refractivity contribution in [2.75, 3.05) is 5.43 Å². The second-order valence-electron chi connectivity index (χ2n) is 4.96. The molecule has 1 unspecified atom stereocenters. The highest BCUT2D eigenvalue weighted by Gasteiger charge is 2.26. The Kier molecular flexibility index (Phi) is 5.56. The van der Waals surface area contributed by atoms with Crippen molar-refractivity contribution in [3.05, 3.63) is 90.1 Å². The summed E-state index contributed by atoms with van der Waals surface area (Å²) in [5.74, 6) is 0. The zero-order valence-corrected chi connectivity index (χ0v) is 13.4. The molecule has 0 spiro atoms. The van der Waals surface area contributed by atoms with Crippen LogP contribution in [0.1, 0.15) is 31.9 Å². The number of para-hydroxylation sites is 1. The van der Waals surface area contributed by atoms with E-state index in [1.165, 1.54) is 16.7 Å². The van der Waals surface area contributed by atoms with E-state index in [1.807, 2.05) is 32.1 Å². The molecule has 1 atom stereocenters. The zero-order valence-electron chi connectivity index (χ0n) is 13.4. The Balaban J connectivity index is 0.000000847. The molecular formula is C20H24N2. The number of rotatable bonds is 4. The van der Waals surface area contributed by atoms with Crippen LogP contribution in [0.25, 0.3) is 0 Å². The SMILES string of the molecule is C=C/C=C(\C=C)C1=CC=C(C2NNc3ccccc32)C1.CC. The predicted octanol–water partition coefficient (Wildman–Crippen LogP) is 5.24. The Hall–Kier alpha value is -2.32. The van der Waals surface area contributed by atoms with Crippen LogP contribution in [0.2, 0.25) is 0 Å². The van der Waals surface area contributed by atoms with Gasteiger partial charge in [-0.3, -0.25) is 0 Å². The number of allylic oxidation sites excluding steroid dienone is 7. The fraction of sp³-hybridized carbons (Fsp3) is 0.200. The van der Waals surface area contributed by atoms with Crippen LogP contribution in [-0.4, -0.2) is 0 Å². The molecule has 2 heteroatoms. The van der Waals surface area contributed by atoms with Crippen LogP contribution >= 0.6 is 0 Å².